The maximum Gasteiger partial charge on any atom is 0.258 e. The number of aryl methyl sites for hydroxylation is 2. The molecule has 3 aromatic rings. The molecule has 1 aliphatic rings. The van der Waals surface area contributed by atoms with E-state index in [1.807, 2.05) is 18.2 Å². The third kappa shape index (κ3) is 2.90. The zero-order valence-corrected chi connectivity index (χ0v) is 14.0. The molecule has 1 atom stereocenters. The molecule has 0 radical (unpaired) electrons. The minimum Gasteiger partial charge on any atom is -0.339 e. The fourth-order valence-electron chi connectivity index (χ4n) is 3.06. The molecule has 1 aromatic carbocycles. The first-order valence-corrected chi connectivity index (χ1v) is 8.11. The molecule has 25 heavy (non-hydrogen) atoms. The molecule has 0 saturated carbocycles. The lowest BCUT2D eigenvalue weighted by Crippen LogP contribution is -2.29. The Balaban J connectivity index is 1.58. The number of aromatic nitrogens is 4. The van der Waals surface area contributed by atoms with E-state index < -0.39 is 0 Å². The Morgan fingerprint density at radius 3 is 2.60 bits per heavy atom. The summed E-state index contributed by atoms with van der Waals surface area (Å²) in [6, 6.07) is 7.27. The molecule has 4 rings (SSSR count). The highest BCUT2D eigenvalue weighted by atomic mass is 16.5. The van der Waals surface area contributed by atoms with Crippen molar-refractivity contribution < 1.29 is 13.8 Å². The Morgan fingerprint density at radius 1 is 1.12 bits per heavy atom. The SMILES string of the molecule is Cc1noc(-c2ccccc2C(=O)N2CCC(c3nc(C)no3)C2)n1. The molecule has 1 aliphatic heterocycles. The molecule has 1 fully saturated rings. The van der Waals surface area contributed by atoms with Gasteiger partial charge in [-0.25, -0.2) is 0 Å². The highest BCUT2D eigenvalue weighted by Gasteiger charge is 2.32. The van der Waals surface area contributed by atoms with Crippen LogP contribution < -0.4 is 0 Å². The molecule has 8 heteroatoms. The molecule has 2 aromatic heterocycles. The van der Waals surface area contributed by atoms with Crippen LogP contribution in [0.1, 0.15) is 40.2 Å². The summed E-state index contributed by atoms with van der Waals surface area (Å²) >= 11 is 0. The van der Waals surface area contributed by atoms with Crippen molar-refractivity contribution in [2.45, 2.75) is 26.2 Å². The van der Waals surface area contributed by atoms with Gasteiger partial charge >= 0.3 is 0 Å². The number of carbonyl (C=O) groups is 1. The first kappa shape index (κ1) is 15.5. The second-order valence-electron chi connectivity index (χ2n) is 6.11. The van der Waals surface area contributed by atoms with Crippen molar-refractivity contribution in [3.8, 4) is 11.5 Å². The van der Waals surface area contributed by atoms with E-state index in [1.54, 1.807) is 24.8 Å². The monoisotopic (exact) mass is 339 g/mol. The summed E-state index contributed by atoms with van der Waals surface area (Å²) < 4.78 is 10.5. The van der Waals surface area contributed by atoms with Crippen LogP contribution in [-0.4, -0.2) is 44.2 Å². The summed E-state index contributed by atoms with van der Waals surface area (Å²) in [5, 5.41) is 7.63. The first-order valence-electron chi connectivity index (χ1n) is 8.11. The molecule has 8 nitrogen and oxygen atoms in total. The molecule has 0 spiro atoms. The van der Waals surface area contributed by atoms with Gasteiger partial charge < -0.3 is 13.9 Å². The molecule has 0 N–H and O–H groups in total. The van der Waals surface area contributed by atoms with Gasteiger partial charge in [0.15, 0.2) is 11.6 Å². The molecular weight excluding hydrogens is 322 g/mol. The molecule has 0 aliphatic carbocycles. The molecule has 0 bridgehead atoms. The fraction of sp³-hybridized carbons (Fsp3) is 0.353. The van der Waals surface area contributed by atoms with E-state index in [0.717, 1.165) is 6.42 Å². The van der Waals surface area contributed by atoms with E-state index in [4.69, 9.17) is 9.05 Å². The van der Waals surface area contributed by atoms with Crippen LogP contribution >= 0.6 is 0 Å². The molecular formula is C17H17N5O3. The van der Waals surface area contributed by atoms with Crippen molar-refractivity contribution in [2.24, 2.45) is 0 Å². The third-order valence-corrected chi connectivity index (χ3v) is 4.28. The predicted octanol–water partition coefficient (Wildman–Crippen LogP) is 2.37. The van der Waals surface area contributed by atoms with Gasteiger partial charge in [0.1, 0.15) is 0 Å². The lowest BCUT2D eigenvalue weighted by molar-refractivity contribution is 0.0790. The second kappa shape index (κ2) is 6.12. The Kier molecular flexibility index (Phi) is 3.79. The number of carbonyl (C=O) groups excluding carboxylic acids is 1. The van der Waals surface area contributed by atoms with Crippen LogP contribution in [0.3, 0.4) is 0 Å². The summed E-state index contributed by atoms with van der Waals surface area (Å²) in [6.45, 7) is 4.72. The van der Waals surface area contributed by atoms with E-state index in [9.17, 15) is 4.79 Å². The summed E-state index contributed by atoms with van der Waals surface area (Å²) in [6.07, 6.45) is 0.801. The van der Waals surface area contributed by atoms with Crippen LogP contribution in [-0.2, 0) is 0 Å². The van der Waals surface area contributed by atoms with Gasteiger partial charge in [0.05, 0.1) is 17.0 Å². The van der Waals surface area contributed by atoms with Crippen LogP contribution in [0.25, 0.3) is 11.5 Å². The van der Waals surface area contributed by atoms with Gasteiger partial charge in [0.25, 0.3) is 11.8 Å². The Labute approximate surface area is 143 Å². The minimum absolute atomic E-state index is 0.0646. The third-order valence-electron chi connectivity index (χ3n) is 4.28. The highest BCUT2D eigenvalue weighted by Crippen LogP contribution is 2.29. The van der Waals surface area contributed by atoms with Gasteiger partial charge in [0.2, 0.25) is 5.89 Å². The van der Waals surface area contributed by atoms with E-state index >= 15 is 0 Å². The Hall–Kier alpha value is -3.03. The number of nitrogens with zero attached hydrogens (tertiary/aromatic N) is 5. The topological polar surface area (TPSA) is 98.2 Å². The predicted molar refractivity (Wildman–Crippen MR) is 86.8 cm³/mol. The zero-order chi connectivity index (χ0) is 17.4. The van der Waals surface area contributed by atoms with Crippen molar-refractivity contribution in [3.05, 3.63) is 47.4 Å². The van der Waals surface area contributed by atoms with Gasteiger partial charge in [-0.3, -0.25) is 4.79 Å². The van der Waals surface area contributed by atoms with Crippen molar-refractivity contribution in [1.82, 2.24) is 25.2 Å². The Morgan fingerprint density at radius 2 is 1.88 bits per heavy atom. The quantitative estimate of drug-likeness (QED) is 0.722. The summed E-state index contributed by atoms with van der Waals surface area (Å²) in [5.41, 5.74) is 1.19. The maximum absolute atomic E-state index is 13.0. The zero-order valence-electron chi connectivity index (χ0n) is 14.0. The normalized spacial score (nSPS) is 17.2. The van der Waals surface area contributed by atoms with Gasteiger partial charge in [-0.1, -0.05) is 22.4 Å². The van der Waals surface area contributed by atoms with Crippen molar-refractivity contribution >= 4 is 5.91 Å². The second-order valence-corrected chi connectivity index (χ2v) is 6.11. The molecule has 1 saturated heterocycles. The number of amides is 1. The van der Waals surface area contributed by atoms with E-state index in [1.165, 1.54) is 0 Å². The largest absolute Gasteiger partial charge is 0.339 e. The number of likely N-dealkylation sites (tertiary alicyclic amines) is 1. The summed E-state index contributed by atoms with van der Waals surface area (Å²) in [7, 11) is 0. The van der Waals surface area contributed by atoms with E-state index in [-0.39, 0.29) is 11.8 Å². The first-order chi connectivity index (χ1) is 12.1. The highest BCUT2D eigenvalue weighted by molar-refractivity contribution is 6.00. The fourth-order valence-corrected chi connectivity index (χ4v) is 3.06. The van der Waals surface area contributed by atoms with Gasteiger partial charge in [-0.05, 0) is 32.4 Å². The number of hydrogen-bond acceptors (Lipinski definition) is 7. The van der Waals surface area contributed by atoms with Crippen molar-refractivity contribution in [3.63, 3.8) is 0 Å². The van der Waals surface area contributed by atoms with Gasteiger partial charge in [-0.2, -0.15) is 9.97 Å². The van der Waals surface area contributed by atoms with Crippen LogP contribution in [0.2, 0.25) is 0 Å². The molecule has 1 unspecified atom stereocenters. The van der Waals surface area contributed by atoms with Crippen LogP contribution in [0.5, 0.6) is 0 Å². The molecule has 3 heterocycles. The summed E-state index contributed by atoms with van der Waals surface area (Å²) in [5.74, 6) is 2.09. The van der Waals surface area contributed by atoms with Crippen LogP contribution in [0.4, 0.5) is 0 Å². The lowest BCUT2D eigenvalue weighted by atomic mass is 10.1. The number of benzene rings is 1. The molecule has 1 amide bonds. The van der Waals surface area contributed by atoms with E-state index in [0.29, 0.717) is 47.6 Å². The van der Waals surface area contributed by atoms with E-state index in [2.05, 4.69) is 20.3 Å². The Bertz CT molecular complexity index is 916. The number of rotatable bonds is 3. The summed E-state index contributed by atoms with van der Waals surface area (Å²) in [4.78, 5) is 23.3. The molecule has 128 valence electrons. The standard InChI is InChI=1S/C17H17N5O3/c1-10-18-15(24-20-10)12-7-8-22(9-12)17(23)14-6-4-3-5-13(14)16-19-11(2)21-25-16/h3-6,12H,7-9H2,1-2H3. The van der Waals surface area contributed by atoms with Crippen LogP contribution in [0.15, 0.2) is 33.3 Å². The van der Waals surface area contributed by atoms with Crippen molar-refractivity contribution in [2.75, 3.05) is 13.1 Å². The lowest BCUT2D eigenvalue weighted by Gasteiger charge is -2.17. The number of hydrogen-bond donors (Lipinski definition) is 0. The smallest absolute Gasteiger partial charge is 0.258 e. The van der Waals surface area contributed by atoms with Gasteiger partial charge in [-0.15, -0.1) is 0 Å². The van der Waals surface area contributed by atoms with Gasteiger partial charge in [0, 0.05) is 13.1 Å². The van der Waals surface area contributed by atoms with Crippen molar-refractivity contribution in [1.29, 1.82) is 0 Å². The van der Waals surface area contributed by atoms with Crippen LogP contribution in [0, 0.1) is 13.8 Å². The minimum atomic E-state index is -0.0646. The average Bonchev–Trinajstić information content (AvgIpc) is 3.34. The maximum atomic E-state index is 13.0. The average molecular weight is 339 g/mol.